The molecular weight excluding hydrogens is 464 g/mol. The highest BCUT2D eigenvalue weighted by Gasteiger charge is 2.47. The third-order valence-corrected chi connectivity index (χ3v) is 7.83. The number of benzene rings is 2. The van der Waals surface area contributed by atoms with Crippen LogP contribution in [-0.4, -0.2) is 58.5 Å². The monoisotopic (exact) mass is 488 g/mol. The zero-order valence-electron chi connectivity index (χ0n) is 16.8. The molecular formula is C23H25BrN2O3S. The van der Waals surface area contributed by atoms with E-state index in [9.17, 15) is 9.59 Å². The summed E-state index contributed by atoms with van der Waals surface area (Å²) in [6.45, 7) is 2.61. The Balaban J connectivity index is 1.31. The molecule has 5 nitrogen and oxygen atoms in total. The quantitative estimate of drug-likeness (QED) is 0.633. The molecule has 1 spiro atoms. The average molecular weight is 489 g/mol. The van der Waals surface area contributed by atoms with E-state index in [-0.39, 0.29) is 23.3 Å². The molecule has 0 aliphatic carbocycles. The molecule has 2 amide bonds. The van der Waals surface area contributed by atoms with Gasteiger partial charge in [-0.25, -0.2) is 0 Å². The Labute approximate surface area is 189 Å². The summed E-state index contributed by atoms with van der Waals surface area (Å²) >= 11 is 5.28. The summed E-state index contributed by atoms with van der Waals surface area (Å²) in [5.41, 5.74) is 1.78. The lowest BCUT2D eigenvalue weighted by molar-refractivity contribution is -0.138. The molecule has 0 unspecified atom stereocenters. The van der Waals surface area contributed by atoms with Crippen molar-refractivity contribution in [3.63, 3.8) is 0 Å². The van der Waals surface area contributed by atoms with Crippen molar-refractivity contribution >= 4 is 39.5 Å². The highest BCUT2D eigenvalue weighted by atomic mass is 79.9. The summed E-state index contributed by atoms with van der Waals surface area (Å²) in [5, 5.41) is 0. The van der Waals surface area contributed by atoms with E-state index in [1.807, 2.05) is 76.2 Å². The molecule has 2 aromatic carbocycles. The van der Waals surface area contributed by atoms with Crippen molar-refractivity contribution in [2.24, 2.45) is 0 Å². The van der Waals surface area contributed by atoms with Crippen LogP contribution in [-0.2, 0) is 16.1 Å². The Bertz CT molecular complexity index is 883. The van der Waals surface area contributed by atoms with Gasteiger partial charge in [-0.15, -0.1) is 11.8 Å². The van der Waals surface area contributed by atoms with Crippen molar-refractivity contribution in [3.8, 4) is 0 Å². The van der Waals surface area contributed by atoms with Gasteiger partial charge in [0.05, 0.1) is 11.5 Å². The Morgan fingerprint density at radius 2 is 1.70 bits per heavy atom. The van der Waals surface area contributed by atoms with Crippen LogP contribution in [0.2, 0.25) is 0 Å². The number of piperidine rings is 1. The molecule has 0 bridgehead atoms. The predicted octanol–water partition coefficient (Wildman–Crippen LogP) is 4.17. The largest absolute Gasteiger partial charge is 0.367 e. The zero-order valence-corrected chi connectivity index (χ0v) is 19.2. The van der Waals surface area contributed by atoms with Gasteiger partial charge >= 0.3 is 0 Å². The number of hydrogen-bond donors (Lipinski definition) is 0. The Hall–Kier alpha value is -1.83. The van der Waals surface area contributed by atoms with Gasteiger partial charge in [0.25, 0.3) is 5.91 Å². The fourth-order valence-corrected chi connectivity index (χ4v) is 5.80. The van der Waals surface area contributed by atoms with Gasteiger partial charge in [-0.3, -0.25) is 9.59 Å². The van der Waals surface area contributed by atoms with Crippen LogP contribution in [0.3, 0.4) is 0 Å². The molecule has 0 radical (unpaired) electrons. The number of nitrogens with zero attached hydrogens (tertiary/aromatic N) is 2. The maximum absolute atomic E-state index is 13.1. The lowest BCUT2D eigenvalue weighted by Crippen LogP contribution is -2.54. The summed E-state index contributed by atoms with van der Waals surface area (Å²) in [6.07, 6.45) is 1.59. The number of carbonyl (C=O) groups is 2. The van der Waals surface area contributed by atoms with E-state index >= 15 is 0 Å². The predicted molar refractivity (Wildman–Crippen MR) is 122 cm³/mol. The number of halogens is 1. The van der Waals surface area contributed by atoms with E-state index in [0.29, 0.717) is 25.3 Å². The maximum Gasteiger partial charge on any atom is 0.254 e. The van der Waals surface area contributed by atoms with Crippen LogP contribution in [0.1, 0.15) is 28.8 Å². The van der Waals surface area contributed by atoms with E-state index in [4.69, 9.17) is 4.74 Å². The molecule has 2 aliphatic heterocycles. The van der Waals surface area contributed by atoms with Crippen molar-refractivity contribution in [1.82, 2.24) is 9.80 Å². The summed E-state index contributed by atoms with van der Waals surface area (Å²) in [6, 6.07) is 17.4. The first-order valence-corrected chi connectivity index (χ1v) is 12.0. The molecule has 30 heavy (non-hydrogen) atoms. The van der Waals surface area contributed by atoms with Crippen molar-refractivity contribution in [3.05, 3.63) is 70.2 Å². The number of hydrogen-bond acceptors (Lipinski definition) is 4. The molecule has 2 saturated heterocycles. The number of amides is 2. The number of ether oxygens (including phenoxy) is 1. The number of carbonyl (C=O) groups excluding carboxylic acids is 2. The molecule has 0 saturated carbocycles. The van der Waals surface area contributed by atoms with E-state index in [2.05, 4.69) is 15.9 Å². The lowest BCUT2D eigenvalue weighted by Gasteiger charge is -2.44. The highest BCUT2D eigenvalue weighted by molar-refractivity contribution is 9.10. The average Bonchev–Trinajstić information content (AvgIpc) is 3.18. The second kappa shape index (κ2) is 9.54. The zero-order chi connectivity index (χ0) is 21.0. The van der Waals surface area contributed by atoms with Crippen LogP contribution in [0.5, 0.6) is 0 Å². The van der Waals surface area contributed by atoms with Gasteiger partial charge in [-0.2, -0.15) is 0 Å². The number of likely N-dealkylation sites (tertiary alicyclic amines) is 1. The summed E-state index contributed by atoms with van der Waals surface area (Å²) in [4.78, 5) is 29.4. The van der Waals surface area contributed by atoms with Gasteiger partial charge in [-0.05, 0) is 42.7 Å². The third-order valence-electron chi connectivity index (χ3n) is 5.75. The van der Waals surface area contributed by atoms with E-state index in [1.165, 1.54) is 0 Å². The topological polar surface area (TPSA) is 49.9 Å². The van der Waals surface area contributed by atoms with E-state index in [1.54, 1.807) is 0 Å². The van der Waals surface area contributed by atoms with Gasteiger partial charge in [0.1, 0.15) is 6.61 Å². The second-order valence-electron chi connectivity index (χ2n) is 7.62. The normalized spacial score (nSPS) is 18.0. The molecule has 0 atom stereocenters. The Morgan fingerprint density at radius 3 is 2.40 bits per heavy atom. The smallest absolute Gasteiger partial charge is 0.254 e. The summed E-state index contributed by atoms with van der Waals surface area (Å²) in [5.74, 6) is 1.05. The lowest BCUT2D eigenvalue weighted by atomic mass is 10.0. The van der Waals surface area contributed by atoms with Crippen molar-refractivity contribution in [1.29, 1.82) is 0 Å². The number of thioether (sulfide) groups is 1. The fourth-order valence-electron chi connectivity index (χ4n) is 4.08. The standard InChI is InChI=1S/C23H25BrN2O3S/c24-20-8-6-19(7-9-20)22(28)26-14-15-30-23(26)10-12-25(13-11-23)21(27)17-29-16-18-4-2-1-3-5-18/h1-9H,10-17H2. The fraction of sp³-hybridized carbons (Fsp3) is 0.391. The van der Waals surface area contributed by atoms with Gasteiger partial charge in [0, 0.05) is 35.4 Å². The molecule has 0 aromatic heterocycles. The van der Waals surface area contributed by atoms with Crippen LogP contribution < -0.4 is 0 Å². The molecule has 2 heterocycles. The minimum Gasteiger partial charge on any atom is -0.367 e. The minimum absolute atomic E-state index is 0.0227. The molecule has 2 fully saturated rings. The van der Waals surface area contributed by atoms with Crippen LogP contribution in [0.4, 0.5) is 0 Å². The minimum atomic E-state index is -0.203. The van der Waals surface area contributed by atoms with Gasteiger partial charge in [-0.1, -0.05) is 46.3 Å². The molecule has 7 heteroatoms. The van der Waals surface area contributed by atoms with Gasteiger partial charge < -0.3 is 14.5 Å². The van der Waals surface area contributed by atoms with Crippen molar-refractivity contribution in [2.45, 2.75) is 24.3 Å². The molecule has 158 valence electrons. The Kier molecular flexibility index (Phi) is 6.80. The first kappa shape index (κ1) is 21.4. The first-order chi connectivity index (χ1) is 14.6. The number of rotatable bonds is 5. The molecule has 2 aromatic rings. The van der Waals surface area contributed by atoms with Crippen LogP contribution in [0.25, 0.3) is 0 Å². The molecule has 2 aliphatic rings. The van der Waals surface area contributed by atoms with Crippen LogP contribution >= 0.6 is 27.7 Å². The van der Waals surface area contributed by atoms with E-state index < -0.39 is 0 Å². The van der Waals surface area contributed by atoms with Gasteiger partial charge in [0.2, 0.25) is 5.91 Å². The molecule has 0 N–H and O–H groups in total. The Morgan fingerprint density at radius 1 is 1.00 bits per heavy atom. The van der Waals surface area contributed by atoms with Crippen molar-refractivity contribution in [2.75, 3.05) is 32.0 Å². The third kappa shape index (κ3) is 4.74. The van der Waals surface area contributed by atoms with Crippen LogP contribution in [0, 0.1) is 0 Å². The second-order valence-corrected chi connectivity index (χ2v) is 9.99. The first-order valence-electron chi connectivity index (χ1n) is 10.2. The van der Waals surface area contributed by atoms with Gasteiger partial charge in [0.15, 0.2) is 0 Å². The summed E-state index contributed by atoms with van der Waals surface area (Å²) in [7, 11) is 0. The van der Waals surface area contributed by atoms with Crippen LogP contribution in [0.15, 0.2) is 59.1 Å². The summed E-state index contributed by atoms with van der Waals surface area (Å²) < 4.78 is 6.58. The van der Waals surface area contributed by atoms with E-state index in [0.717, 1.165) is 35.2 Å². The SMILES string of the molecule is O=C(COCc1ccccc1)N1CCC2(CC1)SCCN2C(=O)c1ccc(Br)cc1. The van der Waals surface area contributed by atoms with Crippen molar-refractivity contribution < 1.29 is 14.3 Å². The maximum atomic E-state index is 13.1. The molecule has 4 rings (SSSR count). The highest BCUT2D eigenvalue weighted by Crippen LogP contribution is 2.44.